The van der Waals surface area contributed by atoms with Gasteiger partial charge in [0.2, 0.25) is 5.91 Å². The first-order chi connectivity index (χ1) is 8.25. The Hall–Kier alpha value is -2.36. The van der Waals surface area contributed by atoms with Crippen molar-refractivity contribution in [1.29, 1.82) is 0 Å². The van der Waals surface area contributed by atoms with Crippen LogP contribution in [0, 0.1) is 0 Å². The minimum atomic E-state index is -0.204. The van der Waals surface area contributed by atoms with Crippen molar-refractivity contribution in [3.8, 4) is 5.75 Å². The maximum atomic E-state index is 11.7. The van der Waals surface area contributed by atoms with Gasteiger partial charge in [0.05, 0.1) is 6.42 Å². The summed E-state index contributed by atoms with van der Waals surface area (Å²) in [5.74, 6) is -0.0486. The lowest BCUT2D eigenvalue weighted by atomic mass is 10.1. The molecule has 4 nitrogen and oxygen atoms in total. The molecule has 2 N–H and O–H groups in total. The molecule has 2 aromatic rings. The molecule has 1 amide bonds. The monoisotopic (exact) mass is 228 g/mol. The van der Waals surface area contributed by atoms with Crippen LogP contribution < -0.4 is 5.32 Å². The summed E-state index contributed by atoms with van der Waals surface area (Å²) in [6.07, 6.45) is 1.77. The van der Waals surface area contributed by atoms with Gasteiger partial charge in [0.1, 0.15) is 0 Å². The zero-order chi connectivity index (χ0) is 12.1. The molecule has 86 valence electrons. The molecule has 2 rings (SSSR count). The topological polar surface area (TPSA) is 62.2 Å². The van der Waals surface area contributed by atoms with Gasteiger partial charge in [0, 0.05) is 6.20 Å². The van der Waals surface area contributed by atoms with Crippen LogP contribution in [0.2, 0.25) is 0 Å². The van der Waals surface area contributed by atoms with Gasteiger partial charge in [-0.05, 0) is 17.7 Å². The Bertz CT molecular complexity index is 512. The number of aromatic nitrogens is 1. The third kappa shape index (κ3) is 3.04. The summed E-state index contributed by atoms with van der Waals surface area (Å²) in [5.41, 5.74) is 0.917. The second-order valence-corrected chi connectivity index (χ2v) is 3.58. The summed E-state index contributed by atoms with van der Waals surface area (Å²) in [7, 11) is 0. The molecule has 0 spiro atoms. The quantitative estimate of drug-likeness (QED) is 0.844. The van der Waals surface area contributed by atoms with Gasteiger partial charge in [-0.1, -0.05) is 30.3 Å². The molecule has 0 aliphatic carbocycles. The normalized spacial score (nSPS) is 9.88. The number of hydrogen-bond acceptors (Lipinski definition) is 3. The minimum Gasteiger partial charge on any atom is -0.504 e. The average Bonchev–Trinajstić information content (AvgIpc) is 2.33. The van der Waals surface area contributed by atoms with E-state index in [2.05, 4.69) is 10.3 Å². The van der Waals surface area contributed by atoms with Crippen molar-refractivity contribution in [2.24, 2.45) is 0 Å². The molecular formula is C13H12N2O2. The molecule has 17 heavy (non-hydrogen) atoms. The van der Waals surface area contributed by atoms with Crippen LogP contribution in [-0.4, -0.2) is 16.0 Å². The first-order valence-corrected chi connectivity index (χ1v) is 5.23. The van der Waals surface area contributed by atoms with E-state index in [9.17, 15) is 9.90 Å². The number of nitrogens with zero attached hydrogens (tertiary/aromatic N) is 1. The van der Waals surface area contributed by atoms with Crippen molar-refractivity contribution in [2.75, 3.05) is 5.32 Å². The van der Waals surface area contributed by atoms with Crippen molar-refractivity contribution >= 4 is 11.7 Å². The van der Waals surface area contributed by atoms with E-state index < -0.39 is 0 Å². The molecule has 1 heterocycles. The number of carbonyl (C=O) groups excluding carboxylic acids is 1. The lowest BCUT2D eigenvalue weighted by Gasteiger charge is -2.05. The number of carbonyl (C=O) groups is 1. The highest BCUT2D eigenvalue weighted by Crippen LogP contribution is 2.18. The molecule has 0 atom stereocenters. The molecule has 0 saturated heterocycles. The van der Waals surface area contributed by atoms with E-state index >= 15 is 0 Å². The molecule has 1 aromatic carbocycles. The lowest BCUT2D eigenvalue weighted by molar-refractivity contribution is -0.115. The zero-order valence-corrected chi connectivity index (χ0v) is 9.13. The summed E-state index contributed by atoms with van der Waals surface area (Å²) in [6.45, 7) is 0. The standard InChI is InChI=1S/C13H12N2O2/c16-11-7-4-8-14-13(11)15-12(17)9-10-5-2-1-3-6-10/h1-8,16H,9H2,(H,14,15,17). The Kier molecular flexibility index (Phi) is 3.35. The molecular weight excluding hydrogens is 216 g/mol. The van der Waals surface area contributed by atoms with Gasteiger partial charge >= 0.3 is 0 Å². The first-order valence-electron chi connectivity index (χ1n) is 5.23. The van der Waals surface area contributed by atoms with E-state index in [1.54, 1.807) is 6.07 Å². The highest BCUT2D eigenvalue weighted by atomic mass is 16.3. The van der Waals surface area contributed by atoms with Crippen LogP contribution in [0.15, 0.2) is 48.7 Å². The van der Waals surface area contributed by atoms with Gasteiger partial charge in [0.25, 0.3) is 0 Å². The van der Waals surface area contributed by atoms with Crippen molar-refractivity contribution in [1.82, 2.24) is 4.98 Å². The number of hydrogen-bond donors (Lipinski definition) is 2. The van der Waals surface area contributed by atoms with Crippen molar-refractivity contribution in [2.45, 2.75) is 6.42 Å². The third-order valence-corrected chi connectivity index (χ3v) is 2.25. The Morgan fingerprint density at radius 3 is 2.65 bits per heavy atom. The van der Waals surface area contributed by atoms with Crippen LogP contribution >= 0.6 is 0 Å². The summed E-state index contributed by atoms with van der Waals surface area (Å²) in [4.78, 5) is 15.5. The number of nitrogens with one attached hydrogen (secondary N) is 1. The molecule has 0 aliphatic heterocycles. The lowest BCUT2D eigenvalue weighted by Crippen LogP contribution is -2.15. The smallest absolute Gasteiger partial charge is 0.230 e. The van der Waals surface area contributed by atoms with E-state index in [1.807, 2.05) is 30.3 Å². The van der Waals surface area contributed by atoms with E-state index in [4.69, 9.17) is 0 Å². The second kappa shape index (κ2) is 5.12. The van der Waals surface area contributed by atoms with Crippen LogP contribution in [0.25, 0.3) is 0 Å². The van der Waals surface area contributed by atoms with Gasteiger partial charge in [-0.2, -0.15) is 0 Å². The molecule has 0 saturated carbocycles. The molecule has 0 fully saturated rings. The SMILES string of the molecule is O=C(Cc1ccccc1)Nc1ncccc1O. The van der Waals surface area contributed by atoms with E-state index in [0.717, 1.165) is 5.56 Å². The maximum Gasteiger partial charge on any atom is 0.230 e. The summed E-state index contributed by atoms with van der Waals surface area (Å²) in [5, 5.41) is 12.0. The Morgan fingerprint density at radius 1 is 1.18 bits per heavy atom. The number of benzene rings is 1. The van der Waals surface area contributed by atoms with Gasteiger partial charge < -0.3 is 10.4 Å². The fourth-order valence-electron chi connectivity index (χ4n) is 1.45. The maximum absolute atomic E-state index is 11.7. The minimum absolute atomic E-state index is 0.0334. The average molecular weight is 228 g/mol. The summed E-state index contributed by atoms with van der Waals surface area (Å²) in [6, 6.07) is 12.5. The highest BCUT2D eigenvalue weighted by molar-refractivity contribution is 5.92. The van der Waals surface area contributed by atoms with Crippen molar-refractivity contribution in [3.63, 3.8) is 0 Å². The third-order valence-electron chi connectivity index (χ3n) is 2.25. The molecule has 0 aliphatic rings. The van der Waals surface area contributed by atoms with E-state index in [1.165, 1.54) is 12.3 Å². The molecule has 0 radical (unpaired) electrons. The van der Waals surface area contributed by atoms with Gasteiger partial charge in [-0.3, -0.25) is 4.79 Å². The Balaban J connectivity index is 2.01. The summed E-state index contributed by atoms with van der Waals surface area (Å²) < 4.78 is 0. The predicted octanol–water partition coefficient (Wildman–Crippen LogP) is 1.97. The van der Waals surface area contributed by atoms with E-state index in [0.29, 0.717) is 0 Å². The van der Waals surface area contributed by atoms with Crippen LogP contribution in [0.4, 0.5) is 5.82 Å². The Morgan fingerprint density at radius 2 is 1.94 bits per heavy atom. The highest BCUT2D eigenvalue weighted by Gasteiger charge is 2.07. The Labute approximate surface area is 98.9 Å². The van der Waals surface area contributed by atoms with Crippen LogP contribution in [0.3, 0.4) is 0 Å². The number of aromatic hydroxyl groups is 1. The molecule has 0 unspecified atom stereocenters. The van der Waals surface area contributed by atoms with E-state index in [-0.39, 0.29) is 23.9 Å². The van der Waals surface area contributed by atoms with Crippen LogP contribution in [0.5, 0.6) is 5.75 Å². The van der Waals surface area contributed by atoms with Gasteiger partial charge in [0.15, 0.2) is 11.6 Å². The van der Waals surface area contributed by atoms with Gasteiger partial charge in [-0.25, -0.2) is 4.98 Å². The van der Waals surface area contributed by atoms with Gasteiger partial charge in [-0.15, -0.1) is 0 Å². The molecule has 0 bridgehead atoms. The van der Waals surface area contributed by atoms with Crippen LogP contribution in [0.1, 0.15) is 5.56 Å². The predicted molar refractivity (Wildman–Crippen MR) is 64.7 cm³/mol. The van der Waals surface area contributed by atoms with Crippen molar-refractivity contribution in [3.05, 3.63) is 54.2 Å². The summed E-state index contributed by atoms with van der Waals surface area (Å²) >= 11 is 0. The number of amides is 1. The zero-order valence-electron chi connectivity index (χ0n) is 9.13. The molecule has 1 aromatic heterocycles. The first kappa shape index (κ1) is 11.1. The van der Waals surface area contributed by atoms with Crippen LogP contribution in [-0.2, 0) is 11.2 Å². The fourth-order valence-corrected chi connectivity index (χ4v) is 1.45. The number of pyridine rings is 1. The fraction of sp³-hybridized carbons (Fsp3) is 0.0769. The molecule has 4 heteroatoms. The van der Waals surface area contributed by atoms with Crippen molar-refractivity contribution < 1.29 is 9.90 Å². The largest absolute Gasteiger partial charge is 0.504 e. The number of anilines is 1. The second-order valence-electron chi connectivity index (χ2n) is 3.58. The number of rotatable bonds is 3.